The van der Waals surface area contributed by atoms with Crippen LogP contribution in [0.1, 0.15) is 46.0 Å². The molecule has 1 fully saturated rings. The minimum Gasteiger partial charge on any atom is -0.385 e. The van der Waals surface area contributed by atoms with E-state index in [1.54, 1.807) is 7.11 Å². The lowest BCUT2D eigenvalue weighted by molar-refractivity contribution is -0.0934. The molecule has 0 aromatic heterocycles. The Balaban J connectivity index is 2.09. The highest BCUT2D eigenvalue weighted by molar-refractivity contribution is 4.87. The molecular formula is C15H31NO3. The standard InChI is InChI=1S/C15H31NO3/c1-4-15(5-2)13-14(7-11-19-15)16-8-12-18-10-6-9-17-3/h14,16H,4-13H2,1-3H3. The second-order valence-corrected chi connectivity index (χ2v) is 5.34. The SMILES string of the molecule is CCC1(CC)CC(NCCOCCCOC)CCO1. The molecule has 114 valence electrons. The van der Waals surface area contributed by atoms with Crippen molar-refractivity contribution in [3.05, 3.63) is 0 Å². The summed E-state index contributed by atoms with van der Waals surface area (Å²) in [5.74, 6) is 0. The zero-order valence-corrected chi connectivity index (χ0v) is 12.9. The van der Waals surface area contributed by atoms with E-state index in [2.05, 4.69) is 19.2 Å². The molecule has 1 aliphatic heterocycles. The van der Waals surface area contributed by atoms with Crippen LogP contribution in [0.3, 0.4) is 0 Å². The van der Waals surface area contributed by atoms with Crippen LogP contribution in [-0.2, 0) is 14.2 Å². The first-order valence-electron chi connectivity index (χ1n) is 7.70. The Morgan fingerprint density at radius 2 is 2.00 bits per heavy atom. The largest absolute Gasteiger partial charge is 0.385 e. The lowest BCUT2D eigenvalue weighted by Gasteiger charge is -2.40. The Morgan fingerprint density at radius 1 is 1.21 bits per heavy atom. The van der Waals surface area contributed by atoms with Gasteiger partial charge in [-0.1, -0.05) is 13.8 Å². The van der Waals surface area contributed by atoms with Crippen molar-refractivity contribution in [3.63, 3.8) is 0 Å². The van der Waals surface area contributed by atoms with Crippen molar-refractivity contribution in [2.75, 3.05) is 40.1 Å². The second-order valence-electron chi connectivity index (χ2n) is 5.34. The molecule has 0 bridgehead atoms. The van der Waals surface area contributed by atoms with Crippen molar-refractivity contribution in [1.82, 2.24) is 5.32 Å². The van der Waals surface area contributed by atoms with Crippen molar-refractivity contribution in [2.45, 2.75) is 57.6 Å². The molecule has 0 aliphatic carbocycles. The van der Waals surface area contributed by atoms with E-state index in [0.717, 1.165) is 65.1 Å². The number of methoxy groups -OCH3 is 1. The number of hydrogen-bond donors (Lipinski definition) is 1. The molecule has 4 heteroatoms. The summed E-state index contributed by atoms with van der Waals surface area (Å²) in [6.07, 6.45) is 5.43. The normalized spacial score (nSPS) is 22.6. The van der Waals surface area contributed by atoms with Crippen molar-refractivity contribution >= 4 is 0 Å². The van der Waals surface area contributed by atoms with Crippen LogP contribution < -0.4 is 5.32 Å². The molecule has 0 radical (unpaired) electrons. The fourth-order valence-electron chi connectivity index (χ4n) is 2.69. The highest BCUT2D eigenvalue weighted by atomic mass is 16.5. The third-order valence-electron chi connectivity index (χ3n) is 4.10. The van der Waals surface area contributed by atoms with Gasteiger partial charge in [-0.2, -0.15) is 0 Å². The third kappa shape index (κ3) is 6.21. The summed E-state index contributed by atoms with van der Waals surface area (Å²) in [6, 6.07) is 0.580. The van der Waals surface area contributed by atoms with Crippen LogP contribution in [0.25, 0.3) is 0 Å². The number of hydrogen-bond acceptors (Lipinski definition) is 4. The molecular weight excluding hydrogens is 242 g/mol. The first-order valence-corrected chi connectivity index (χ1v) is 7.70. The van der Waals surface area contributed by atoms with Crippen LogP contribution in [0.2, 0.25) is 0 Å². The Kier molecular flexibility index (Phi) is 8.62. The minimum atomic E-state index is 0.106. The van der Waals surface area contributed by atoms with Crippen LogP contribution >= 0.6 is 0 Å². The van der Waals surface area contributed by atoms with Crippen LogP contribution in [0.15, 0.2) is 0 Å². The van der Waals surface area contributed by atoms with Gasteiger partial charge in [0.2, 0.25) is 0 Å². The van der Waals surface area contributed by atoms with Crippen molar-refractivity contribution in [1.29, 1.82) is 0 Å². The van der Waals surface area contributed by atoms with E-state index in [4.69, 9.17) is 14.2 Å². The van der Waals surface area contributed by atoms with E-state index in [-0.39, 0.29) is 5.60 Å². The maximum Gasteiger partial charge on any atom is 0.0692 e. The Morgan fingerprint density at radius 3 is 2.68 bits per heavy atom. The molecule has 0 saturated carbocycles. The Bertz CT molecular complexity index is 219. The highest BCUT2D eigenvalue weighted by Gasteiger charge is 2.33. The van der Waals surface area contributed by atoms with Gasteiger partial charge in [-0.25, -0.2) is 0 Å². The molecule has 0 aromatic rings. The van der Waals surface area contributed by atoms with Gasteiger partial charge >= 0.3 is 0 Å². The topological polar surface area (TPSA) is 39.7 Å². The molecule has 19 heavy (non-hydrogen) atoms. The van der Waals surface area contributed by atoms with Crippen LogP contribution in [0.4, 0.5) is 0 Å². The smallest absolute Gasteiger partial charge is 0.0692 e. The van der Waals surface area contributed by atoms with Gasteiger partial charge in [-0.3, -0.25) is 0 Å². The van der Waals surface area contributed by atoms with Gasteiger partial charge in [0.15, 0.2) is 0 Å². The summed E-state index contributed by atoms with van der Waals surface area (Å²) in [5.41, 5.74) is 0.106. The first-order chi connectivity index (χ1) is 9.26. The van der Waals surface area contributed by atoms with Gasteiger partial charge in [0, 0.05) is 39.5 Å². The quantitative estimate of drug-likeness (QED) is 0.620. The van der Waals surface area contributed by atoms with Crippen molar-refractivity contribution in [3.8, 4) is 0 Å². The predicted molar refractivity (Wildman–Crippen MR) is 77.6 cm³/mol. The average molecular weight is 273 g/mol. The molecule has 1 unspecified atom stereocenters. The molecule has 1 atom stereocenters. The first kappa shape index (κ1) is 16.9. The van der Waals surface area contributed by atoms with E-state index >= 15 is 0 Å². The minimum absolute atomic E-state index is 0.106. The lowest BCUT2D eigenvalue weighted by Crippen LogP contribution is -2.47. The maximum absolute atomic E-state index is 5.98. The van der Waals surface area contributed by atoms with Crippen molar-refractivity contribution < 1.29 is 14.2 Å². The predicted octanol–water partition coefficient (Wildman–Crippen LogP) is 2.37. The van der Waals surface area contributed by atoms with E-state index in [1.807, 2.05) is 0 Å². The zero-order chi connectivity index (χ0) is 14.0. The molecule has 4 nitrogen and oxygen atoms in total. The number of nitrogens with one attached hydrogen (secondary N) is 1. The van der Waals surface area contributed by atoms with Crippen LogP contribution in [0.5, 0.6) is 0 Å². The van der Waals surface area contributed by atoms with Crippen LogP contribution in [-0.4, -0.2) is 51.7 Å². The van der Waals surface area contributed by atoms with Gasteiger partial charge in [-0.05, 0) is 32.1 Å². The fraction of sp³-hybridized carbons (Fsp3) is 1.00. The molecule has 1 N–H and O–H groups in total. The summed E-state index contributed by atoms with van der Waals surface area (Å²) < 4.78 is 16.5. The highest BCUT2D eigenvalue weighted by Crippen LogP contribution is 2.31. The summed E-state index contributed by atoms with van der Waals surface area (Å²) in [4.78, 5) is 0. The van der Waals surface area contributed by atoms with Crippen LogP contribution in [0, 0.1) is 0 Å². The summed E-state index contributed by atoms with van der Waals surface area (Å²) in [6.45, 7) is 8.62. The lowest BCUT2D eigenvalue weighted by atomic mass is 9.86. The second kappa shape index (κ2) is 9.70. The number of rotatable bonds is 10. The van der Waals surface area contributed by atoms with E-state index < -0.39 is 0 Å². The van der Waals surface area contributed by atoms with E-state index in [9.17, 15) is 0 Å². The molecule has 1 rings (SSSR count). The van der Waals surface area contributed by atoms with Gasteiger partial charge in [0.1, 0.15) is 0 Å². The van der Waals surface area contributed by atoms with Gasteiger partial charge in [0.25, 0.3) is 0 Å². The molecule has 0 amide bonds. The zero-order valence-electron chi connectivity index (χ0n) is 12.9. The van der Waals surface area contributed by atoms with Crippen molar-refractivity contribution in [2.24, 2.45) is 0 Å². The summed E-state index contributed by atoms with van der Waals surface area (Å²) in [5, 5.41) is 3.60. The van der Waals surface area contributed by atoms with E-state index in [0.29, 0.717) is 6.04 Å². The molecule has 0 spiro atoms. The maximum atomic E-state index is 5.98. The number of ether oxygens (including phenoxy) is 3. The molecule has 1 saturated heterocycles. The molecule has 0 aromatic carbocycles. The summed E-state index contributed by atoms with van der Waals surface area (Å²) >= 11 is 0. The Labute approximate surface area is 118 Å². The summed E-state index contributed by atoms with van der Waals surface area (Å²) in [7, 11) is 1.72. The molecule has 1 heterocycles. The average Bonchev–Trinajstić information content (AvgIpc) is 2.46. The van der Waals surface area contributed by atoms with Gasteiger partial charge in [0.05, 0.1) is 12.2 Å². The van der Waals surface area contributed by atoms with E-state index in [1.165, 1.54) is 0 Å². The molecule has 1 aliphatic rings. The van der Waals surface area contributed by atoms with Gasteiger partial charge < -0.3 is 19.5 Å². The third-order valence-corrected chi connectivity index (χ3v) is 4.10. The Hall–Kier alpha value is -0.160. The monoisotopic (exact) mass is 273 g/mol. The van der Waals surface area contributed by atoms with Gasteiger partial charge in [-0.15, -0.1) is 0 Å². The fourth-order valence-corrected chi connectivity index (χ4v) is 2.69.